The van der Waals surface area contributed by atoms with E-state index in [1.54, 1.807) is 48.5 Å². The number of carbonyl (C=O) groups excluding carboxylic acids is 1. The molecular formula is C16H16Cl2N2O3S. The topological polar surface area (TPSA) is 66.5 Å². The maximum absolute atomic E-state index is 12.5. The first-order valence-electron chi connectivity index (χ1n) is 7.00. The molecule has 0 aromatic heterocycles. The monoisotopic (exact) mass is 386 g/mol. The van der Waals surface area contributed by atoms with Crippen LogP contribution in [-0.4, -0.2) is 26.6 Å². The summed E-state index contributed by atoms with van der Waals surface area (Å²) < 4.78 is 25.4. The first kappa shape index (κ1) is 18.6. The molecule has 0 fully saturated rings. The van der Waals surface area contributed by atoms with Gasteiger partial charge in [-0.1, -0.05) is 35.3 Å². The first-order chi connectivity index (χ1) is 11.2. The normalized spacial score (nSPS) is 12.5. The summed E-state index contributed by atoms with van der Waals surface area (Å²) in [5.74, 6) is -0.497. The summed E-state index contributed by atoms with van der Waals surface area (Å²) >= 11 is 11.9. The van der Waals surface area contributed by atoms with Crippen molar-refractivity contribution in [3.8, 4) is 0 Å². The minimum atomic E-state index is -3.68. The quantitative estimate of drug-likeness (QED) is 0.849. The van der Waals surface area contributed by atoms with Crippen LogP contribution in [0, 0.1) is 0 Å². The lowest BCUT2D eigenvalue weighted by atomic mass is 10.2. The number of carbonyl (C=O) groups is 1. The molecule has 24 heavy (non-hydrogen) atoms. The molecule has 1 atom stereocenters. The molecule has 0 bridgehead atoms. The Morgan fingerprint density at radius 3 is 2.21 bits per heavy atom. The molecule has 1 N–H and O–H groups in total. The van der Waals surface area contributed by atoms with E-state index in [1.165, 1.54) is 6.92 Å². The Kier molecular flexibility index (Phi) is 5.74. The van der Waals surface area contributed by atoms with E-state index in [-0.39, 0.29) is 0 Å². The molecule has 0 saturated carbocycles. The molecule has 0 aliphatic carbocycles. The van der Waals surface area contributed by atoms with Gasteiger partial charge < -0.3 is 5.32 Å². The summed E-state index contributed by atoms with van der Waals surface area (Å²) in [6.07, 6.45) is 1.04. The highest BCUT2D eigenvalue weighted by Gasteiger charge is 2.29. The van der Waals surface area contributed by atoms with Gasteiger partial charge in [0.15, 0.2) is 0 Å². The number of halogens is 2. The van der Waals surface area contributed by atoms with E-state index < -0.39 is 22.0 Å². The predicted molar refractivity (Wildman–Crippen MR) is 98.3 cm³/mol. The third-order valence-corrected chi connectivity index (χ3v) is 5.12. The van der Waals surface area contributed by atoms with Crippen LogP contribution in [0.1, 0.15) is 6.92 Å². The van der Waals surface area contributed by atoms with Crippen LogP contribution in [0.5, 0.6) is 0 Å². The largest absolute Gasteiger partial charge is 0.323 e. The Bertz CT molecular complexity index is 839. The number of nitrogens with zero attached hydrogens (tertiary/aromatic N) is 1. The molecule has 0 heterocycles. The highest BCUT2D eigenvalue weighted by Crippen LogP contribution is 2.25. The average Bonchev–Trinajstić information content (AvgIpc) is 2.50. The fourth-order valence-electron chi connectivity index (χ4n) is 2.20. The molecule has 1 amide bonds. The number of rotatable bonds is 5. The van der Waals surface area contributed by atoms with Gasteiger partial charge in [0.2, 0.25) is 15.9 Å². The van der Waals surface area contributed by atoms with Crippen LogP contribution < -0.4 is 9.62 Å². The van der Waals surface area contributed by atoms with Gasteiger partial charge in [-0.05, 0) is 43.3 Å². The summed E-state index contributed by atoms with van der Waals surface area (Å²) in [7, 11) is -3.68. The Labute approximate surface area is 151 Å². The fourth-order valence-corrected chi connectivity index (χ4v) is 3.68. The van der Waals surface area contributed by atoms with E-state index in [2.05, 4.69) is 5.32 Å². The Hall–Kier alpha value is -1.76. The predicted octanol–water partition coefficient (Wildman–Crippen LogP) is 3.79. The van der Waals surface area contributed by atoms with Crippen molar-refractivity contribution in [1.82, 2.24) is 0 Å². The zero-order chi connectivity index (χ0) is 17.9. The van der Waals surface area contributed by atoms with Crippen molar-refractivity contribution in [2.75, 3.05) is 15.9 Å². The molecule has 2 aromatic rings. The summed E-state index contributed by atoms with van der Waals surface area (Å²) in [6, 6.07) is 12.0. The van der Waals surface area contributed by atoms with Crippen LogP contribution in [0.15, 0.2) is 48.5 Å². The molecule has 0 unspecified atom stereocenters. The number of para-hydroxylation sites is 1. The maximum Gasteiger partial charge on any atom is 0.248 e. The molecule has 0 aliphatic rings. The van der Waals surface area contributed by atoms with Crippen LogP contribution in [0.3, 0.4) is 0 Å². The van der Waals surface area contributed by atoms with Crippen molar-refractivity contribution in [3.63, 3.8) is 0 Å². The second-order valence-electron chi connectivity index (χ2n) is 5.18. The number of sulfonamides is 1. The van der Waals surface area contributed by atoms with E-state index in [0.717, 1.165) is 10.6 Å². The minimum absolute atomic E-state index is 0.351. The first-order valence-corrected chi connectivity index (χ1v) is 9.61. The highest BCUT2D eigenvalue weighted by atomic mass is 35.5. The second-order valence-corrected chi connectivity index (χ2v) is 7.88. The number of hydrogen-bond donors (Lipinski definition) is 1. The lowest BCUT2D eigenvalue weighted by Crippen LogP contribution is -2.45. The van der Waals surface area contributed by atoms with Gasteiger partial charge in [0.05, 0.1) is 22.7 Å². The number of hydrogen-bond acceptors (Lipinski definition) is 3. The third-order valence-electron chi connectivity index (χ3n) is 3.30. The van der Waals surface area contributed by atoms with Gasteiger partial charge in [-0.25, -0.2) is 8.42 Å². The van der Waals surface area contributed by atoms with Gasteiger partial charge in [-0.3, -0.25) is 9.10 Å². The molecule has 128 valence electrons. The lowest BCUT2D eigenvalue weighted by molar-refractivity contribution is -0.116. The number of amides is 1. The number of benzene rings is 2. The smallest absolute Gasteiger partial charge is 0.248 e. The molecule has 0 aliphatic heterocycles. The Morgan fingerprint density at radius 1 is 1.08 bits per heavy atom. The average molecular weight is 387 g/mol. The van der Waals surface area contributed by atoms with Crippen molar-refractivity contribution in [1.29, 1.82) is 0 Å². The number of nitrogens with one attached hydrogen (secondary N) is 1. The minimum Gasteiger partial charge on any atom is -0.323 e. The molecule has 2 rings (SSSR count). The van der Waals surface area contributed by atoms with Crippen LogP contribution >= 0.6 is 23.2 Å². The van der Waals surface area contributed by atoms with E-state index in [0.29, 0.717) is 21.4 Å². The van der Waals surface area contributed by atoms with Gasteiger partial charge in [0, 0.05) is 5.02 Å². The Balaban J connectivity index is 2.31. The van der Waals surface area contributed by atoms with Crippen molar-refractivity contribution in [3.05, 3.63) is 58.6 Å². The SMILES string of the molecule is C[C@H](C(=O)Nc1ccccc1Cl)N(c1ccc(Cl)cc1)S(C)(=O)=O. The standard InChI is InChI=1S/C16H16Cl2N2O3S/c1-11(16(21)19-15-6-4-3-5-14(15)18)20(24(2,22)23)13-9-7-12(17)8-10-13/h3-11H,1-2H3,(H,19,21)/t11-/m1/s1. The molecule has 2 aromatic carbocycles. The van der Waals surface area contributed by atoms with Gasteiger partial charge in [0.25, 0.3) is 0 Å². The van der Waals surface area contributed by atoms with Crippen molar-refractivity contribution >= 4 is 50.5 Å². The highest BCUT2D eigenvalue weighted by molar-refractivity contribution is 7.92. The zero-order valence-corrected chi connectivity index (χ0v) is 15.4. The molecule has 5 nitrogen and oxygen atoms in total. The van der Waals surface area contributed by atoms with Crippen LogP contribution in [0.2, 0.25) is 10.0 Å². The molecule has 0 spiro atoms. The van der Waals surface area contributed by atoms with Crippen LogP contribution in [0.4, 0.5) is 11.4 Å². The van der Waals surface area contributed by atoms with E-state index in [1.807, 2.05) is 0 Å². The van der Waals surface area contributed by atoms with Crippen LogP contribution in [-0.2, 0) is 14.8 Å². The van der Waals surface area contributed by atoms with Gasteiger partial charge in [-0.15, -0.1) is 0 Å². The van der Waals surface area contributed by atoms with Gasteiger partial charge in [0.1, 0.15) is 6.04 Å². The molecule has 0 radical (unpaired) electrons. The van der Waals surface area contributed by atoms with Crippen LogP contribution in [0.25, 0.3) is 0 Å². The third kappa shape index (κ3) is 4.41. The van der Waals surface area contributed by atoms with Gasteiger partial charge >= 0.3 is 0 Å². The summed E-state index contributed by atoms with van der Waals surface area (Å²) in [6.45, 7) is 1.50. The second kappa shape index (κ2) is 7.42. The summed E-state index contributed by atoms with van der Waals surface area (Å²) in [5.41, 5.74) is 0.768. The summed E-state index contributed by atoms with van der Waals surface area (Å²) in [5, 5.41) is 3.48. The Morgan fingerprint density at radius 2 is 1.67 bits per heavy atom. The van der Waals surface area contributed by atoms with Crippen molar-refractivity contribution in [2.45, 2.75) is 13.0 Å². The van der Waals surface area contributed by atoms with E-state index in [9.17, 15) is 13.2 Å². The fraction of sp³-hybridized carbons (Fsp3) is 0.188. The molecule has 8 heteroatoms. The maximum atomic E-state index is 12.5. The number of anilines is 2. The lowest BCUT2D eigenvalue weighted by Gasteiger charge is -2.28. The van der Waals surface area contributed by atoms with Crippen molar-refractivity contribution in [2.24, 2.45) is 0 Å². The van der Waals surface area contributed by atoms with Gasteiger partial charge in [-0.2, -0.15) is 0 Å². The molecule has 0 saturated heterocycles. The van der Waals surface area contributed by atoms with E-state index in [4.69, 9.17) is 23.2 Å². The van der Waals surface area contributed by atoms with Crippen molar-refractivity contribution < 1.29 is 13.2 Å². The molecular weight excluding hydrogens is 371 g/mol. The zero-order valence-electron chi connectivity index (χ0n) is 13.0. The van der Waals surface area contributed by atoms with E-state index >= 15 is 0 Å². The summed E-state index contributed by atoms with van der Waals surface area (Å²) in [4.78, 5) is 12.5.